The van der Waals surface area contributed by atoms with Crippen LogP contribution in [0.15, 0.2) is 42.6 Å². The minimum absolute atomic E-state index is 0.0103. The van der Waals surface area contributed by atoms with E-state index >= 15 is 0 Å². The Morgan fingerprint density at radius 2 is 1.92 bits per heavy atom. The first-order valence-corrected chi connectivity index (χ1v) is 8.99. The van der Waals surface area contributed by atoms with E-state index in [4.69, 9.17) is 11.6 Å². The molecule has 24 heavy (non-hydrogen) atoms. The van der Waals surface area contributed by atoms with Gasteiger partial charge in [-0.15, -0.1) is 0 Å². The van der Waals surface area contributed by atoms with Gasteiger partial charge in [0.2, 0.25) is 0 Å². The smallest absolute Gasteiger partial charge is 0.318 e. The van der Waals surface area contributed by atoms with Crippen molar-refractivity contribution in [2.75, 3.05) is 6.54 Å². The normalized spacial score (nSPS) is 17.0. The molecule has 1 aromatic carbocycles. The lowest BCUT2D eigenvalue weighted by Crippen LogP contribution is -2.49. The van der Waals surface area contributed by atoms with E-state index in [1.54, 1.807) is 0 Å². The highest BCUT2D eigenvalue weighted by molar-refractivity contribution is 6.30. The number of carbonyl (C=O) groups is 1. The molecule has 0 fully saturated rings. The number of nitrogens with zero attached hydrogens (tertiary/aromatic N) is 2. The van der Waals surface area contributed by atoms with Crippen molar-refractivity contribution in [3.63, 3.8) is 0 Å². The number of urea groups is 1. The summed E-state index contributed by atoms with van der Waals surface area (Å²) in [5, 5.41) is 3.88. The zero-order valence-corrected chi connectivity index (χ0v) is 15.0. The highest BCUT2D eigenvalue weighted by Gasteiger charge is 2.32. The van der Waals surface area contributed by atoms with E-state index in [0.29, 0.717) is 11.6 Å². The highest BCUT2D eigenvalue weighted by Crippen LogP contribution is 2.33. The van der Waals surface area contributed by atoms with E-state index in [9.17, 15) is 4.79 Å². The Morgan fingerprint density at radius 3 is 2.58 bits per heavy atom. The number of halogens is 1. The quantitative estimate of drug-likeness (QED) is 0.873. The number of fused-ring (bicyclic) bond motifs is 1. The molecule has 2 aromatic rings. The van der Waals surface area contributed by atoms with Crippen LogP contribution in [0.25, 0.3) is 0 Å². The molecule has 1 aliphatic rings. The molecule has 5 heteroatoms. The zero-order chi connectivity index (χ0) is 17.1. The van der Waals surface area contributed by atoms with Gasteiger partial charge in [-0.1, -0.05) is 37.6 Å². The third-order valence-electron chi connectivity index (χ3n) is 4.80. The van der Waals surface area contributed by atoms with Crippen molar-refractivity contribution in [3.8, 4) is 0 Å². The molecule has 4 nitrogen and oxygen atoms in total. The standard InChI is InChI=1S/C19H24ClN3O/c1-3-16(4-2)21-19(24)23-13-12-22-11-5-6-17(22)18(23)14-7-9-15(20)10-8-14/h5-11,16,18H,3-4,12-13H2,1-2H3,(H,21,24). The molecule has 0 aliphatic carbocycles. The van der Waals surface area contributed by atoms with E-state index < -0.39 is 0 Å². The lowest BCUT2D eigenvalue weighted by Gasteiger charge is -2.38. The fourth-order valence-corrected chi connectivity index (χ4v) is 3.47. The molecular weight excluding hydrogens is 322 g/mol. The molecule has 0 bridgehead atoms. The summed E-state index contributed by atoms with van der Waals surface area (Å²) in [6, 6.07) is 12.1. The van der Waals surface area contributed by atoms with Gasteiger partial charge in [-0.25, -0.2) is 4.79 Å². The van der Waals surface area contributed by atoms with Crippen LogP contribution in [-0.2, 0) is 6.54 Å². The fourth-order valence-electron chi connectivity index (χ4n) is 3.35. The Labute approximate surface area is 148 Å². The van der Waals surface area contributed by atoms with E-state index in [2.05, 4.69) is 36.0 Å². The average Bonchev–Trinajstić information content (AvgIpc) is 3.08. The summed E-state index contributed by atoms with van der Waals surface area (Å²) >= 11 is 6.04. The number of aromatic nitrogens is 1. The molecule has 1 unspecified atom stereocenters. The van der Waals surface area contributed by atoms with Gasteiger partial charge in [0.25, 0.3) is 0 Å². The number of rotatable bonds is 4. The summed E-state index contributed by atoms with van der Waals surface area (Å²) in [5.74, 6) is 0. The average molecular weight is 346 g/mol. The minimum atomic E-state index is -0.0830. The monoisotopic (exact) mass is 345 g/mol. The lowest BCUT2D eigenvalue weighted by molar-refractivity contribution is 0.164. The van der Waals surface area contributed by atoms with Gasteiger partial charge in [-0.05, 0) is 42.7 Å². The van der Waals surface area contributed by atoms with E-state index in [1.165, 1.54) is 0 Å². The number of benzene rings is 1. The molecule has 0 radical (unpaired) electrons. The van der Waals surface area contributed by atoms with E-state index in [1.807, 2.05) is 35.2 Å². The molecule has 1 aromatic heterocycles. The molecular formula is C19H24ClN3O. The molecule has 1 aliphatic heterocycles. The molecule has 1 atom stereocenters. The number of amides is 2. The van der Waals surface area contributed by atoms with Gasteiger partial charge in [0.15, 0.2) is 0 Å². The molecule has 0 saturated heterocycles. The maximum atomic E-state index is 12.9. The van der Waals surface area contributed by atoms with Crippen LogP contribution in [0.3, 0.4) is 0 Å². The fraction of sp³-hybridized carbons (Fsp3) is 0.421. The summed E-state index contributed by atoms with van der Waals surface area (Å²) in [7, 11) is 0. The van der Waals surface area contributed by atoms with E-state index in [-0.39, 0.29) is 18.1 Å². The van der Waals surface area contributed by atoms with Crippen LogP contribution in [0.5, 0.6) is 0 Å². The second kappa shape index (κ2) is 7.31. The Bertz CT molecular complexity index is 691. The first-order valence-electron chi connectivity index (χ1n) is 8.61. The second-order valence-electron chi connectivity index (χ2n) is 6.24. The highest BCUT2D eigenvalue weighted by atomic mass is 35.5. The maximum absolute atomic E-state index is 12.9. The summed E-state index contributed by atoms with van der Waals surface area (Å²) < 4.78 is 2.22. The summed E-state index contributed by atoms with van der Waals surface area (Å²) in [6.45, 7) is 5.72. The third kappa shape index (κ3) is 3.29. The topological polar surface area (TPSA) is 37.3 Å². The molecule has 2 heterocycles. The van der Waals surface area contributed by atoms with Crippen LogP contribution >= 0.6 is 11.6 Å². The van der Waals surface area contributed by atoms with Gasteiger partial charge in [0.1, 0.15) is 0 Å². The van der Waals surface area contributed by atoms with Crippen LogP contribution in [0, 0.1) is 0 Å². The number of hydrogen-bond donors (Lipinski definition) is 1. The van der Waals surface area contributed by atoms with Gasteiger partial charge in [-0.3, -0.25) is 0 Å². The van der Waals surface area contributed by atoms with Crippen molar-refractivity contribution in [2.24, 2.45) is 0 Å². The molecule has 1 N–H and O–H groups in total. The van der Waals surface area contributed by atoms with Crippen LogP contribution < -0.4 is 5.32 Å². The van der Waals surface area contributed by atoms with Crippen LogP contribution in [0.2, 0.25) is 5.02 Å². The molecule has 2 amide bonds. The van der Waals surface area contributed by atoms with Gasteiger partial charge in [0, 0.05) is 36.0 Å². The minimum Gasteiger partial charge on any atom is -0.348 e. The lowest BCUT2D eigenvalue weighted by atomic mass is 10.0. The summed E-state index contributed by atoms with van der Waals surface area (Å²) in [6.07, 6.45) is 3.96. The van der Waals surface area contributed by atoms with Gasteiger partial charge >= 0.3 is 6.03 Å². The molecule has 128 valence electrons. The first kappa shape index (κ1) is 16.9. The van der Waals surface area contributed by atoms with Gasteiger partial charge in [-0.2, -0.15) is 0 Å². The van der Waals surface area contributed by atoms with Gasteiger partial charge < -0.3 is 14.8 Å². The van der Waals surface area contributed by atoms with Crippen molar-refractivity contribution < 1.29 is 4.79 Å². The zero-order valence-electron chi connectivity index (χ0n) is 14.2. The van der Waals surface area contributed by atoms with Crippen LogP contribution in [-0.4, -0.2) is 28.1 Å². The van der Waals surface area contributed by atoms with Crippen molar-refractivity contribution in [1.82, 2.24) is 14.8 Å². The molecule has 0 saturated carbocycles. The number of nitrogens with one attached hydrogen (secondary N) is 1. The second-order valence-corrected chi connectivity index (χ2v) is 6.67. The maximum Gasteiger partial charge on any atom is 0.318 e. The van der Waals surface area contributed by atoms with Crippen LogP contribution in [0.1, 0.15) is 44.0 Å². The predicted octanol–water partition coefficient (Wildman–Crippen LogP) is 4.44. The Morgan fingerprint density at radius 1 is 1.21 bits per heavy atom. The van der Waals surface area contributed by atoms with Crippen molar-refractivity contribution >= 4 is 17.6 Å². The predicted molar refractivity (Wildman–Crippen MR) is 97.3 cm³/mol. The molecule has 3 rings (SSSR count). The van der Waals surface area contributed by atoms with Crippen molar-refractivity contribution in [3.05, 3.63) is 58.9 Å². The van der Waals surface area contributed by atoms with Crippen molar-refractivity contribution in [1.29, 1.82) is 0 Å². The van der Waals surface area contributed by atoms with Gasteiger partial charge in [0.05, 0.1) is 6.04 Å². The van der Waals surface area contributed by atoms with Crippen LogP contribution in [0.4, 0.5) is 4.79 Å². The third-order valence-corrected chi connectivity index (χ3v) is 5.05. The number of carbonyl (C=O) groups excluding carboxylic acids is 1. The largest absolute Gasteiger partial charge is 0.348 e. The molecule has 0 spiro atoms. The Hall–Kier alpha value is -1.94. The summed E-state index contributed by atoms with van der Waals surface area (Å²) in [4.78, 5) is 14.8. The van der Waals surface area contributed by atoms with E-state index in [0.717, 1.165) is 30.6 Å². The summed E-state index contributed by atoms with van der Waals surface area (Å²) in [5.41, 5.74) is 2.22. The first-order chi connectivity index (χ1) is 11.6. The Balaban J connectivity index is 1.92. The SMILES string of the molecule is CCC(CC)NC(=O)N1CCn2cccc2C1c1ccc(Cl)cc1. The Kier molecular flexibility index (Phi) is 5.14. The van der Waals surface area contributed by atoms with Crippen molar-refractivity contribution in [2.45, 2.75) is 45.3 Å². The number of hydrogen-bond acceptors (Lipinski definition) is 1.